The number of benzene rings is 2. The Morgan fingerprint density at radius 2 is 1.41 bits per heavy atom. The molecular formula is C18H15F2N3O4. The molecule has 0 N–H and O–H groups in total. The van der Waals surface area contributed by atoms with Crippen molar-refractivity contribution < 1.29 is 23.3 Å². The highest BCUT2D eigenvalue weighted by Gasteiger charge is 2.26. The number of nitrogens with zero attached hydrogens (tertiary/aromatic N) is 3. The number of hydrogen-bond donors (Lipinski definition) is 0. The van der Waals surface area contributed by atoms with E-state index >= 15 is 0 Å². The molecule has 3 rings (SSSR count). The lowest BCUT2D eigenvalue weighted by molar-refractivity contribution is -0.384. The van der Waals surface area contributed by atoms with E-state index in [-0.39, 0.29) is 48.9 Å². The van der Waals surface area contributed by atoms with E-state index in [9.17, 15) is 28.5 Å². The van der Waals surface area contributed by atoms with E-state index in [2.05, 4.69) is 0 Å². The molecule has 140 valence electrons. The first-order valence-corrected chi connectivity index (χ1v) is 8.15. The lowest BCUT2D eigenvalue weighted by Crippen LogP contribution is -2.50. The lowest BCUT2D eigenvalue weighted by Gasteiger charge is -2.34. The van der Waals surface area contributed by atoms with E-state index < -0.39 is 22.5 Å². The zero-order chi connectivity index (χ0) is 19.6. The average molecular weight is 375 g/mol. The van der Waals surface area contributed by atoms with Crippen LogP contribution in [0, 0.1) is 21.7 Å². The molecule has 0 aliphatic carbocycles. The highest BCUT2D eigenvalue weighted by atomic mass is 19.2. The number of hydrogen-bond acceptors (Lipinski definition) is 4. The Morgan fingerprint density at radius 1 is 0.852 bits per heavy atom. The minimum absolute atomic E-state index is 0.0346. The predicted octanol–water partition coefficient (Wildman–Crippen LogP) is 2.47. The van der Waals surface area contributed by atoms with Crippen molar-refractivity contribution in [2.24, 2.45) is 0 Å². The molecular weight excluding hydrogens is 360 g/mol. The molecule has 2 aromatic rings. The largest absolute Gasteiger partial charge is 0.335 e. The fraction of sp³-hybridized carbons (Fsp3) is 0.222. The summed E-state index contributed by atoms with van der Waals surface area (Å²) in [5, 5.41) is 10.8. The van der Waals surface area contributed by atoms with Gasteiger partial charge in [-0.25, -0.2) is 8.78 Å². The van der Waals surface area contributed by atoms with Gasteiger partial charge in [0.1, 0.15) is 0 Å². The van der Waals surface area contributed by atoms with Crippen LogP contribution in [0.3, 0.4) is 0 Å². The average Bonchev–Trinajstić information content (AvgIpc) is 2.69. The summed E-state index contributed by atoms with van der Waals surface area (Å²) in [5.41, 5.74) is 0.0601. The van der Waals surface area contributed by atoms with Crippen LogP contribution in [0.5, 0.6) is 0 Å². The molecule has 1 aliphatic heterocycles. The second kappa shape index (κ2) is 7.48. The predicted molar refractivity (Wildman–Crippen MR) is 91.3 cm³/mol. The zero-order valence-electron chi connectivity index (χ0n) is 14.1. The van der Waals surface area contributed by atoms with Crippen molar-refractivity contribution in [3.05, 3.63) is 75.3 Å². The van der Waals surface area contributed by atoms with Crippen LogP contribution in [0.2, 0.25) is 0 Å². The summed E-state index contributed by atoms with van der Waals surface area (Å²) in [6.07, 6.45) is 0. The number of carbonyl (C=O) groups excluding carboxylic acids is 2. The van der Waals surface area contributed by atoms with Crippen molar-refractivity contribution in [2.45, 2.75) is 0 Å². The van der Waals surface area contributed by atoms with Gasteiger partial charge in [0.2, 0.25) is 0 Å². The van der Waals surface area contributed by atoms with Gasteiger partial charge in [-0.1, -0.05) is 6.07 Å². The lowest BCUT2D eigenvalue weighted by atomic mass is 10.1. The van der Waals surface area contributed by atoms with Crippen molar-refractivity contribution in [3.8, 4) is 0 Å². The van der Waals surface area contributed by atoms with Gasteiger partial charge < -0.3 is 9.80 Å². The van der Waals surface area contributed by atoms with E-state index in [0.29, 0.717) is 0 Å². The number of nitro groups is 1. The third-order valence-corrected chi connectivity index (χ3v) is 4.32. The summed E-state index contributed by atoms with van der Waals surface area (Å²) in [6, 6.07) is 8.39. The first kappa shape index (κ1) is 18.4. The van der Waals surface area contributed by atoms with Crippen LogP contribution in [-0.4, -0.2) is 52.7 Å². The summed E-state index contributed by atoms with van der Waals surface area (Å²) < 4.78 is 26.3. The zero-order valence-corrected chi connectivity index (χ0v) is 14.1. The number of halogens is 2. The number of rotatable bonds is 3. The van der Waals surface area contributed by atoms with Gasteiger partial charge in [-0.3, -0.25) is 19.7 Å². The molecule has 1 saturated heterocycles. The third-order valence-electron chi connectivity index (χ3n) is 4.32. The molecule has 1 heterocycles. The Bertz CT molecular complexity index is 911. The highest BCUT2D eigenvalue weighted by molar-refractivity contribution is 5.96. The number of piperazine rings is 1. The van der Waals surface area contributed by atoms with Gasteiger partial charge in [0.05, 0.1) is 4.92 Å². The molecule has 7 nitrogen and oxygen atoms in total. The van der Waals surface area contributed by atoms with Crippen LogP contribution >= 0.6 is 0 Å². The molecule has 0 atom stereocenters. The van der Waals surface area contributed by atoms with Gasteiger partial charge in [0.15, 0.2) is 11.6 Å². The number of nitro benzene ring substituents is 1. The number of carbonyl (C=O) groups is 2. The molecule has 2 amide bonds. The molecule has 1 fully saturated rings. The standard InChI is InChI=1S/C18H15F2N3O4/c19-15-5-4-13(11-16(15)20)18(25)22-8-6-21(7-9-22)17(24)12-2-1-3-14(10-12)23(26)27/h1-5,10-11H,6-9H2. The SMILES string of the molecule is O=C(c1cccc([N+](=O)[O-])c1)N1CCN(C(=O)c2ccc(F)c(F)c2)CC1. The van der Waals surface area contributed by atoms with Crippen LogP contribution in [0.1, 0.15) is 20.7 Å². The monoisotopic (exact) mass is 375 g/mol. The van der Waals surface area contributed by atoms with Gasteiger partial charge >= 0.3 is 0 Å². The Kier molecular flexibility index (Phi) is 5.11. The summed E-state index contributed by atoms with van der Waals surface area (Å²) >= 11 is 0. The molecule has 0 radical (unpaired) electrons. The maximum atomic E-state index is 13.3. The van der Waals surface area contributed by atoms with Crippen molar-refractivity contribution in [2.75, 3.05) is 26.2 Å². The third kappa shape index (κ3) is 3.91. The molecule has 1 aliphatic rings. The van der Waals surface area contributed by atoms with E-state index in [1.807, 2.05) is 0 Å². The molecule has 0 spiro atoms. The molecule has 27 heavy (non-hydrogen) atoms. The quantitative estimate of drug-likeness (QED) is 0.609. The maximum absolute atomic E-state index is 13.3. The van der Waals surface area contributed by atoms with Crippen LogP contribution in [0.25, 0.3) is 0 Å². The molecule has 0 saturated carbocycles. The van der Waals surface area contributed by atoms with Crippen LogP contribution < -0.4 is 0 Å². The first-order valence-electron chi connectivity index (χ1n) is 8.15. The van der Waals surface area contributed by atoms with Gasteiger partial charge in [-0.05, 0) is 24.3 Å². The Hall–Kier alpha value is -3.36. The highest BCUT2D eigenvalue weighted by Crippen LogP contribution is 2.17. The van der Waals surface area contributed by atoms with E-state index in [1.165, 1.54) is 40.1 Å². The van der Waals surface area contributed by atoms with Gasteiger partial charge in [-0.2, -0.15) is 0 Å². The normalized spacial score (nSPS) is 14.1. The molecule has 2 aromatic carbocycles. The van der Waals surface area contributed by atoms with Gasteiger partial charge in [0.25, 0.3) is 17.5 Å². The minimum atomic E-state index is -1.10. The Balaban J connectivity index is 1.65. The van der Waals surface area contributed by atoms with E-state index in [1.54, 1.807) is 0 Å². The van der Waals surface area contributed by atoms with Gasteiger partial charge in [0, 0.05) is 49.4 Å². The summed E-state index contributed by atoms with van der Waals surface area (Å²) in [4.78, 5) is 38.1. The van der Waals surface area contributed by atoms with Gasteiger partial charge in [-0.15, -0.1) is 0 Å². The number of non-ortho nitro benzene ring substituents is 1. The summed E-state index contributed by atoms with van der Waals surface area (Å²) in [6.45, 7) is 0.908. The van der Waals surface area contributed by atoms with Crippen molar-refractivity contribution >= 4 is 17.5 Å². The maximum Gasteiger partial charge on any atom is 0.270 e. The Labute approximate surface area is 152 Å². The summed E-state index contributed by atoms with van der Waals surface area (Å²) in [7, 11) is 0. The number of amides is 2. The van der Waals surface area contributed by atoms with Crippen molar-refractivity contribution in [1.29, 1.82) is 0 Å². The smallest absolute Gasteiger partial charge is 0.270 e. The van der Waals surface area contributed by atoms with Crippen molar-refractivity contribution in [1.82, 2.24) is 9.80 Å². The topological polar surface area (TPSA) is 83.8 Å². The van der Waals surface area contributed by atoms with E-state index in [0.717, 1.165) is 12.1 Å². The fourth-order valence-corrected chi connectivity index (χ4v) is 2.86. The minimum Gasteiger partial charge on any atom is -0.335 e. The van der Waals surface area contributed by atoms with Crippen LogP contribution in [-0.2, 0) is 0 Å². The van der Waals surface area contributed by atoms with Crippen molar-refractivity contribution in [3.63, 3.8) is 0 Å². The molecule has 9 heteroatoms. The van der Waals surface area contributed by atoms with Crippen LogP contribution in [0.15, 0.2) is 42.5 Å². The first-order chi connectivity index (χ1) is 12.9. The molecule has 0 bridgehead atoms. The van der Waals surface area contributed by atoms with E-state index in [4.69, 9.17) is 0 Å². The Morgan fingerprint density at radius 3 is 1.93 bits per heavy atom. The molecule has 0 aromatic heterocycles. The molecule has 0 unspecified atom stereocenters. The second-order valence-corrected chi connectivity index (χ2v) is 6.02. The fourth-order valence-electron chi connectivity index (χ4n) is 2.86. The van der Waals surface area contributed by atoms with Crippen LogP contribution in [0.4, 0.5) is 14.5 Å². The second-order valence-electron chi connectivity index (χ2n) is 6.02. The summed E-state index contributed by atoms with van der Waals surface area (Å²) in [5.74, 6) is -2.94.